The summed E-state index contributed by atoms with van der Waals surface area (Å²) in [7, 11) is 2.45. The van der Waals surface area contributed by atoms with Gasteiger partial charge in [-0.2, -0.15) is 9.12 Å². The molecular formula is C91H69BN6P. The minimum absolute atomic E-state index is 0.946. The number of aryl methyl sites for hydroxylation is 2. The summed E-state index contributed by atoms with van der Waals surface area (Å²) < 4.78 is 0. The van der Waals surface area contributed by atoms with Gasteiger partial charge < -0.3 is 0 Å². The zero-order valence-electron chi connectivity index (χ0n) is 55.3. The zero-order valence-corrected chi connectivity index (χ0v) is 56.5. The van der Waals surface area contributed by atoms with E-state index in [4.69, 9.17) is 9.97 Å². The molecule has 6 nitrogen and oxygen atoms in total. The van der Waals surface area contributed by atoms with E-state index in [0.717, 1.165) is 77.3 Å². The van der Waals surface area contributed by atoms with Crippen molar-refractivity contribution in [3.8, 4) is 111 Å². The highest BCUT2D eigenvalue weighted by atomic mass is 31.0. The number of aromatic nitrogens is 6. The highest BCUT2D eigenvalue weighted by Gasteiger charge is 2.17. The van der Waals surface area contributed by atoms with Crippen LogP contribution in [0.2, 0.25) is 6.82 Å². The van der Waals surface area contributed by atoms with Crippen LogP contribution in [-0.2, 0) is 0 Å². The molecule has 0 fully saturated rings. The van der Waals surface area contributed by atoms with Crippen LogP contribution in [0.4, 0.5) is 0 Å². The van der Waals surface area contributed by atoms with Gasteiger partial charge in [0.2, 0.25) is 0 Å². The molecule has 0 saturated carbocycles. The number of hydrogen-bond acceptors (Lipinski definition) is 6. The van der Waals surface area contributed by atoms with E-state index in [1.165, 1.54) is 89.0 Å². The average Bonchev–Trinajstić information content (AvgIpc) is 0.771. The molecule has 0 aliphatic heterocycles. The van der Waals surface area contributed by atoms with Crippen molar-refractivity contribution < 1.29 is 0 Å². The number of rotatable bonds is 10. The van der Waals surface area contributed by atoms with Crippen LogP contribution >= 0.6 is 9.12 Å². The summed E-state index contributed by atoms with van der Waals surface area (Å²) in [5.41, 5.74) is 29.4. The van der Waals surface area contributed by atoms with E-state index in [1.807, 2.05) is 87.4 Å². The van der Waals surface area contributed by atoms with Gasteiger partial charge >= 0.3 is 0 Å². The van der Waals surface area contributed by atoms with E-state index in [-0.39, 0.29) is 0 Å². The van der Waals surface area contributed by atoms with Gasteiger partial charge in [-0.15, -0.1) is 0 Å². The van der Waals surface area contributed by atoms with E-state index in [9.17, 15) is 0 Å². The van der Waals surface area contributed by atoms with E-state index >= 15 is 0 Å². The van der Waals surface area contributed by atoms with Crippen molar-refractivity contribution in [2.75, 3.05) is 0 Å². The third-order valence-corrected chi connectivity index (χ3v) is 17.6. The average molecular weight is 1290 g/mol. The van der Waals surface area contributed by atoms with Crippen molar-refractivity contribution in [3.05, 3.63) is 364 Å². The molecule has 8 heteroatoms. The summed E-state index contributed by atoms with van der Waals surface area (Å²) in [5.74, 6) is 0. The lowest BCUT2D eigenvalue weighted by molar-refractivity contribution is 1.23. The first kappa shape index (κ1) is 64.2. The largest absolute Gasteiger partial charge is 0.264 e. The molecule has 0 bridgehead atoms. The fraction of sp³-hybridized carbons (Fsp3) is 0.0330. The van der Waals surface area contributed by atoms with Gasteiger partial charge in [0.1, 0.15) is 7.00 Å². The summed E-state index contributed by atoms with van der Waals surface area (Å²) in [6.07, 6.45) is 11.2. The van der Waals surface area contributed by atoms with E-state index < -0.39 is 0 Å². The van der Waals surface area contributed by atoms with Crippen LogP contribution in [0.25, 0.3) is 155 Å². The highest BCUT2D eigenvalue weighted by molar-refractivity contribution is 7.55. The molecule has 99 heavy (non-hydrogen) atoms. The lowest BCUT2D eigenvalue weighted by Gasteiger charge is -2.14. The summed E-state index contributed by atoms with van der Waals surface area (Å²) in [4.78, 5) is 27.8. The van der Waals surface area contributed by atoms with Crippen molar-refractivity contribution >= 4 is 59.7 Å². The molecule has 471 valence electrons. The maximum atomic E-state index is 4.90. The third-order valence-electron chi connectivity index (χ3n) is 17.6. The summed E-state index contributed by atoms with van der Waals surface area (Å²) >= 11 is 0. The van der Waals surface area contributed by atoms with Crippen LogP contribution < -0.4 is 0 Å². The third kappa shape index (κ3) is 14.5. The van der Waals surface area contributed by atoms with Gasteiger partial charge in [-0.3, -0.25) is 29.9 Å². The van der Waals surface area contributed by atoms with Crippen molar-refractivity contribution in [2.45, 2.75) is 20.7 Å². The van der Waals surface area contributed by atoms with Crippen LogP contribution in [0, 0.1) is 13.8 Å². The monoisotopic (exact) mass is 1290 g/mol. The standard InChI is InChI=1S/C40H28N2.C26H20N2.C24H16N2.CH5BP/c1-2-9-29(10-3-1)30-11-4-14-33(21-30)38-24-39(34-15-5-12-31(22-34)36-17-7-19-41-27-36)26-40(25-38)35-16-6-13-32(23-35)37-18-8-20-42-28-37;1-17-15-23(19-9-5-3-6-10-19)21-13-14-22-24(20-11-7-4-8-12-20)16-18(2)28-26(22)25(21)27-17;1-3-7-17(8-4-1)19-13-15-25-23-21(19)11-12-22-20(14-16-26-24(22)23)18-9-5-2-6-10-18;1-2-3/h1-28H;3-16H,1-2H3;1-16H;3H2,1H3. The minimum Gasteiger partial charge on any atom is -0.264 e. The minimum atomic E-state index is 0.946. The predicted molar refractivity (Wildman–Crippen MR) is 421 cm³/mol. The first-order valence-electron chi connectivity index (χ1n) is 33.3. The van der Waals surface area contributed by atoms with Gasteiger partial charge in [0.25, 0.3) is 0 Å². The fourth-order valence-corrected chi connectivity index (χ4v) is 13.0. The molecular weight excluding hydrogens is 1220 g/mol. The van der Waals surface area contributed by atoms with Crippen LogP contribution in [0.15, 0.2) is 353 Å². The van der Waals surface area contributed by atoms with Crippen LogP contribution in [-0.4, -0.2) is 36.9 Å². The molecule has 1 atom stereocenters. The highest BCUT2D eigenvalue weighted by Crippen LogP contribution is 2.40. The molecule has 17 rings (SSSR count). The van der Waals surface area contributed by atoms with Crippen LogP contribution in [0.3, 0.4) is 0 Å². The lowest BCUT2D eigenvalue weighted by Crippen LogP contribution is -1.94. The van der Waals surface area contributed by atoms with Gasteiger partial charge in [-0.25, -0.2) is 0 Å². The van der Waals surface area contributed by atoms with E-state index in [2.05, 4.69) is 322 Å². The second kappa shape index (κ2) is 30.3. The quantitative estimate of drug-likeness (QED) is 0.0771. The fourth-order valence-electron chi connectivity index (χ4n) is 13.0. The molecule has 0 N–H and O–H groups in total. The summed E-state index contributed by atoms with van der Waals surface area (Å²) in [5, 5.41) is 4.54. The molecule has 0 spiro atoms. The van der Waals surface area contributed by atoms with E-state index in [1.54, 1.807) is 0 Å². The van der Waals surface area contributed by atoms with Gasteiger partial charge in [0.15, 0.2) is 0 Å². The number of pyridine rings is 6. The zero-order chi connectivity index (χ0) is 67.3. The molecule has 11 aromatic carbocycles. The molecule has 1 radical (unpaired) electrons. The second-order valence-corrected chi connectivity index (χ2v) is 24.9. The second-order valence-electron chi connectivity index (χ2n) is 24.2. The Balaban J connectivity index is 0.000000129. The van der Waals surface area contributed by atoms with Gasteiger partial charge in [0.05, 0.1) is 22.1 Å². The van der Waals surface area contributed by atoms with Gasteiger partial charge in [0, 0.05) is 81.2 Å². The number of nitrogens with zero attached hydrogens (tertiary/aromatic N) is 6. The van der Waals surface area contributed by atoms with Gasteiger partial charge in [-0.05, 0) is 187 Å². The molecule has 6 aromatic heterocycles. The Bertz CT molecular complexity index is 5170. The topological polar surface area (TPSA) is 77.3 Å². The summed E-state index contributed by atoms with van der Waals surface area (Å²) in [6, 6.07) is 111. The Morgan fingerprint density at radius 1 is 0.232 bits per heavy atom. The van der Waals surface area contributed by atoms with Gasteiger partial charge in [-0.1, -0.05) is 249 Å². The van der Waals surface area contributed by atoms with Crippen LogP contribution in [0.5, 0.6) is 0 Å². The van der Waals surface area contributed by atoms with Crippen molar-refractivity contribution in [2.24, 2.45) is 0 Å². The molecule has 0 amide bonds. The SMILES string of the molecule is C[B]P.Cc1cc(-c2ccccc2)c2ccc3c(-c4ccccc4)cc(C)nc3c2n1.c1ccc(-c2cccc(-c3cc(-c4cccc(-c5cccnc5)c4)cc(-c4cccc(-c5cccnc5)c4)c3)c2)cc1.c1ccc(-c2ccnc3c2ccc2c(-c4ccccc4)ccnc23)cc1. The molecule has 0 aliphatic carbocycles. The van der Waals surface area contributed by atoms with Crippen molar-refractivity contribution in [1.29, 1.82) is 0 Å². The Morgan fingerprint density at radius 3 is 0.818 bits per heavy atom. The Morgan fingerprint density at radius 2 is 0.495 bits per heavy atom. The Kier molecular flexibility index (Phi) is 19.6. The van der Waals surface area contributed by atoms with Crippen molar-refractivity contribution in [1.82, 2.24) is 29.9 Å². The maximum absolute atomic E-state index is 4.90. The lowest BCUT2D eigenvalue weighted by atomic mass is 9.90. The number of fused-ring (bicyclic) bond motifs is 6. The molecule has 0 aliphatic rings. The Labute approximate surface area is 582 Å². The summed E-state index contributed by atoms with van der Waals surface area (Å²) in [6.45, 7) is 7.99. The first-order chi connectivity index (χ1) is 48.8. The normalized spacial score (nSPS) is 10.8. The maximum Gasteiger partial charge on any atom is 0.134 e. The smallest absolute Gasteiger partial charge is 0.134 e. The number of benzene rings is 11. The molecule has 17 aromatic rings. The first-order valence-corrected chi connectivity index (χ1v) is 33.9. The number of hydrogen-bond donors (Lipinski definition) is 0. The molecule has 1 unspecified atom stereocenters. The molecule has 6 heterocycles. The van der Waals surface area contributed by atoms with Crippen molar-refractivity contribution in [3.63, 3.8) is 0 Å². The predicted octanol–water partition coefficient (Wildman–Crippen LogP) is 23.9. The van der Waals surface area contributed by atoms with E-state index in [0.29, 0.717) is 0 Å². The van der Waals surface area contributed by atoms with Crippen LogP contribution in [0.1, 0.15) is 11.4 Å². The molecule has 0 saturated heterocycles. The Hall–Kier alpha value is -12.1.